The summed E-state index contributed by atoms with van der Waals surface area (Å²) in [4.78, 5) is 30.7. The van der Waals surface area contributed by atoms with E-state index in [1.54, 1.807) is 18.2 Å². The highest BCUT2D eigenvalue weighted by molar-refractivity contribution is 6.51. The predicted octanol–water partition coefficient (Wildman–Crippen LogP) is 6.47. The average molecular weight is 543 g/mol. The van der Waals surface area contributed by atoms with Gasteiger partial charge in [0, 0.05) is 31.5 Å². The Hall–Kier alpha value is -4.26. The van der Waals surface area contributed by atoms with E-state index in [1.807, 2.05) is 81.4 Å². The van der Waals surface area contributed by atoms with Gasteiger partial charge < -0.3 is 19.5 Å². The van der Waals surface area contributed by atoms with Gasteiger partial charge in [0.1, 0.15) is 17.3 Å². The Morgan fingerprint density at radius 2 is 1.52 bits per heavy atom. The lowest BCUT2D eigenvalue weighted by atomic mass is 9.85. The SMILES string of the molecule is CCOc1ccc(/C(O)=C2/C(=O)C(=O)N(c3ccc(N(C)C)cc3)C2c2ccc(C(C)(C)C)cc2)c(OCC)c1. The van der Waals surface area contributed by atoms with Gasteiger partial charge in [-0.3, -0.25) is 14.5 Å². The second-order valence-corrected chi connectivity index (χ2v) is 11.0. The van der Waals surface area contributed by atoms with Crippen molar-refractivity contribution in [3.05, 3.63) is 89.0 Å². The van der Waals surface area contributed by atoms with Crippen molar-refractivity contribution in [3.8, 4) is 11.5 Å². The number of aliphatic hydroxyl groups is 1. The van der Waals surface area contributed by atoms with Gasteiger partial charge in [-0.1, -0.05) is 45.0 Å². The number of Topliss-reactive ketones (excluding diaryl/α,β-unsaturated/α-hetero) is 1. The number of aliphatic hydroxyl groups excluding tert-OH is 1. The number of amides is 1. The van der Waals surface area contributed by atoms with Gasteiger partial charge in [0.05, 0.1) is 30.4 Å². The van der Waals surface area contributed by atoms with E-state index in [0.29, 0.717) is 41.5 Å². The first kappa shape index (κ1) is 28.7. The zero-order valence-electron chi connectivity index (χ0n) is 24.3. The predicted molar refractivity (Wildman–Crippen MR) is 159 cm³/mol. The second kappa shape index (κ2) is 11.5. The molecule has 1 heterocycles. The number of carbonyl (C=O) groups excluding carboxylic acids is 2. The first-order valence-corrected chi connectivity index (χ1v) is 13.6. The number of rotatable bonds is 8. The molecule has 0 aliphatic carbocycles. The van der Waals surface area contributed by atoms with Crippen molar-refractivity contribution in [2.75, 3.05) is 37.1 Å². The normalized spacial score (nSPS) is 16.8. The molecule has 210 valence electrons. The van der Waals surface area contributed by atoms with Crippen LogP contribution in [0, 0.1) is 0 Å². The number of benzene rings is 3. The number of ether oxygens (including phenoxy) is 2. The number of nitrogens with zero attached hydrogens (tertiary/aromatic N) is 2. The first-order chi connectivity index (χ1) is 19.0. The lowest BCUT2D eigenvalue weighted by molar-refractivity contribution is -0.132. The van der Waals surface area contributed by atoms with Crippen LogP contribution in [-0.4, -0.2) is 44.1 Å². The van der Waals surface area contributed by atoms with Crippen molar-refractivity contribution in [1.82, 2.24) is 0 Å². The Bertz CT molecular complexity index is 1420. The summed E-state index contributed by atoms with van der Waals surface area (Å²) in [5.41, 5.74) is 3.62. The Morgan fingerprint density at radius 1 is 0.900 bits per heavy atom. The summed E-state index contributed by atoms with van der Waals surface area (Å²) in [6, 6.07) is 19.5. The van der Waals surface area contributed by atoms with Gasteiger partial charge in [0.15, 0.2) is 0 Å². The summed E-state index contributed by atoms with van der Waals surface area (Å²) >= 11 is 0. The van der Waals surface area contributed by atoms with Gasteiger partial charge in [0.2, 0.25) is 0 Å². The zero-order valence-corrected chi connectivity index (χ0v) is 24.3. The Morgan fingerprint density at radius 3 is 2.08 bits per heavy atom. The van der Waals surface area contributed by atoms with Crippen LogP contribution in [0.15, 0.2) is 72.3 Å². The molecule has 1 aliphatic heterocycles. The molecule has 1 saturated heterocycles. The van der Waals surface area contributed by atoms with Gasteiger partial charge in [-0.2, -0.15) is 0 Å². The topological polar surface area (TPSA) is 79.3 Å². The summed E-state index contributed by atoms with van der Waals surface area (Å²) in [5, 5.41) is 11.7. The number of hydrogen-bond donors (Lipinski definition) is 1. The molecule has 3 aromatic carbocycles. The van der Waals surface area contributed by atoms with E-state index in [9.17, 15) is 14.7 Å². The van der Waals surface area contributed by atoms with Crippen LogP contribution in [0.5, 0.6) is 11.5 Å². The number of carbonyl (C=O) groups is 2. The lowest BCUT2D eigenvalue weighted by Crippen LogP contribution is -2.29. The van der Waals surface area contributed by atoms with Crippen LogP contribution in [0.3, 0.4) is 0 Å². The minimum atomic E-state index is -0.833. The summed E-state index contributed by atoms with van der Waals surface area (Å²) in [6.07, 6.45) is 0. The third-order valence-corrected chi connectivity index (χ3v) is 7.00. The maximum atomic E-state index is 13.6. The van der Waals surface area contributed by atoms with E-state index in [-0.39, 0.29) is 16.7 Å². The Kier molecular flexibility index (Phi) is 8.24. The monoisotopic (exact) mass is 542 g/mol. The average Bonchev–Trinajstić information content (AvgIpc) is 3.18. The molecule has 4 rings (SSSR count). The first-order valence-electron chi connectivity index (χ1n) is 13.6. The van der Waals surface area contributed by atoms with Gasteiger partial charge in [-0.25, -0.2) is 0 Å². The molecule has 3 aromatic rings. The fourth-order valence-electron chi connectivity index (χ4n) is 4.87. The van der Waals surface area contributed by atoms with Crippen molar-refractivity contribution in [1.29, 1.82) is 0 Å². The van der Waals surface area contributed by atoms with E-state index in [4.69, 9.17) is 9.47 Å². The third-order valence-electron chi connectivity index (χ3n) is 7.00. The minimum Gasteiger partial charge on any atom is -0.507 e. The quantitative estimate of drug-likeness (QED) is 0.200. The molecule has 0 spiro atoms. The Labute approximate surface area is 236 Å². The van der Waals surface area contributed by atoms with Crippen LogP contribution >= 0.6 is 0 Å². The molecule has 1 fully saturated rings. The highest BCUT2D eigenvalue weighted by atomic mass is 16.5. The molecule has 1 aliphatic rings. The van der Waals surface area contributed by atoms with Gasteiger partial charge in [0.25, 0.3) is 11.7 Å². The number of ketones is 1. The molecule has 1 N–H and O–H groups in total. The van der Waals surface area contributed by atoms with Crippen molar-refractivity contribution >= 4 is 28.8 Å². The lowest BCUT2D eigenvalue weighted by Gasteiger charge is -2.27. The fourth-order valence-corrected chi connectivity index (χ4v) is 4.87. The van der Waals surface area contributed by atoms with Crippen LogP contribution in [0.25, 0.3) is 5.76 Å². The van der Waals surface area contributed by atoms with E-state index in [1.165, 1.54) is 4.90 Å². The van der Waals surface area contributed by atoms with E-state index >= 15 is 0 Å². The smallest absolute Gasteiger partial charge is 0.300 e. The minimum absolute atomic E-state index is 0.00954. The summed E-state index contributed by atoms with van der Waals surface area (Å²) < 4.78 is 11.4. The van der Waals surface area contributed by atoms with Gasteiger partial charge in [-0.15, -0.1) is 0 Å². The summed E-state index contributed by atoms with van der Waals surface area (Å²) in [5.74, 6) is -0.793. The summed E-state index contributed by atoms with van der Waals surface area (Å²) in [7, 11) is 3.87. The van der Waals surface area contributed by atoms with Crippen LogP contribution in [0.1, 0.15) is 57.4 Å². The summed E-state index contributed by atoms with van der Waals surface area (Å²) in [6.45, 7) is 10.9. The molecular formula is C33H38N2O5. The fraction of sp³-hybridized carbons (Fsp3) is 0.333. The molecule has 0 radical (unpaired) electrons. The van der Waals surface area contributed by atoms with Gasteiger partial charge in [-0.05, 0) is 66.8 Å². The van der Waals surface area contributed by atoms with Gasteiger partial charge >= 0.3 is 0 Å². The standard InChI is InChI=1S/C33H38N2O5/c1-8-39-25-18-19-26(27(20-25)40-9-2)30(36)28-29(21-10-12-22(13-11-21)33(3,4)5)35(32(38)31(28)37)24-16-14-23(15-17-24)34(6)7/h10-20,29,36H,8-9H2,1-7H3/b30-28-. The molecule has 1 unspecified atom stereocenters. The highest BCUT2D eigenvalue weighted by Crippen LogP contribution is 2.44. The van der Waals surface area contributed by atoms with Crippen LogP contribution in [0.4, 0.5) is 11.4 Å². The van der Waals surface area contributed by atoms with Crippen molar-refractivity contribution < 1.29 is 24.2 Å². The molecule has 40 heavy (non-hydrogen) atoms. The second-order valence-electron chi connectivity index (χ2n) is 11.0. The molecule has 1 amide bonds. The van der Waals surface area contributed by atoms with E-state index in [0.717, 1.165) is 11.3 Å². The van der Waals surface area contributed by atoms with Crippen molar-refractivity contribution in [2.45, 2.75) is 46.1 Å². The number of anilines is 2. The molecular weight excluding hydrogens is 504 g/mol. The zero-order chi connectivity index (χ0) is 29.2. The molecule has 1 atom stereocenters. The number of hydrogen-bond acceptors (Lipinski definition) is 6. The molecule has 0 bridgehead atoms. The molecule has 0 aromatic heterocycles. The van der Waals surface area contributed by atoms with E-state index in [2.05, 4.69) is 20.8 Å². The van der Waals surface area contributed by atoms with Crippen molar-refractivity contribution in [2.24, 2.45) is 0 Å². The maximum Gasteiger partial charge on any atom is 0.300 e. The van der Waals surface area contributed by atoms with Crippen LogP contribution < -0.4 is 19.3 Å². The maximum absolute atomic E-state index is 13.6. The third kappa shape index (κ3) is 5.55. The Balaban J connectivity index is 1.93. The van der Waals surface area contributed by atoms with Crippen LogP contribution in [-0.2, 0) is 15.0 Å². The highest BCUT2D eigenvalue weighted by Gasteiger charge is 2.47. The van der Waals surface area contributed by atoms with Crippen molar-refractivity contribution in [3.63, 3.8) is 0 Å². The largest absolute Gasteiger partial charge is 0.507 e. The van der Waals surface area contributed by atoms with E-state index < -0.39 is 17.7 Å². The van der Waals surface area contributed by atoms with Crippen LogP contribution in [0.2, 0.25) is 0 Å². The molecule has 7 heteroatoms. The molecule has 0 saturated carbocycles. The molecule has 7 nitrogen and oxygen atoms in total.